The van der Waals surface area contributed by atoms with E-state index in [1.54, 1.807) is 0 Å². The van der Waals surface area contributed by atoms with Crippen molar-refractivity contribution in [2.75, 3.05) is 26.3 Å². The van der Waals surface area contributed by atoms with Gasteiger partial charge in [-0.15, -0.1) is 0 Å². The second kappa shape index (κ2) is 7.99. The molecule has 2 aromatic rings. The summed E-state index contributed by atoms with van der Waals surface area (Å²) >= 11 is 0. The lowest BCUT2D eigenvalue weighted by molar-refractivity contribution is 0.0292. The predicted molar refractivity (Wildman–Crippen MR) is 90.4 cm³/mol. The van der Waals surface area contributed by atoms with Gasteiger partial charge in [-0.3, -0.25) is 0 Å². The smallest absolute Gasteiger partial charge is 0.127 e. The first-order valence-electron chi connectivity index (χ1n) is 8.15. The summed E-state index contributed by atoms with van der Waals surface area (Å²) in [6, 6.07) is 15.9. The molecule has 1 atom stereocenters. The van der Waals surface area contributed by atoms with Gasteiger partial charge in [-0.05, 0) is 55.3 Å². The minimum atomic E-state index is 0.265. The standard InChI is InChI=1S/C19H23NO3/c1-2-21-16-7-9-18(10-8-16)23-17-5-3-15(4-6-17)13-19-14-20-11-12-22-19/h3-10,19-20H,2,11-14H2,1H3. The number of nitrogens with one attached hydrogen (secondary N) is 1. The first kappa shape index (κ1) is 15.8. The molecule has 0 amide bonds. The average Bonchev–Trinajstić information content (AvgIpc) is 2.60. The van der Waals surface area contributed by atoms with E-state index in [1.165, 1.54) is 5.56 Å². The lowest BCUT2D eigenvalue weighted by Crippen LogP contribution is -2.39. The van der Waals surface area contributed by atoms with E-state index in [-0.39, 0.29) is 6.10 Å². The molecule has 0 spiro atoms. The third-order valence-corrected chi connectivity index (χ3v) is 3.76. The highest BCUT2D eigenvalue weighted by atomic mass is 16.5. The number of rotatable bonds is 6. The molecule has 4 nitrogen and oxygen atoms in total. The Bertz CT molecular complexity index is 589. The van der Waals surface area contributed by atoms with Crippen LogP contribution in [0.3, 0.4) is 0 Å². The van der Waals surface area contributed by atoms with E-state index in [1.807, 2.05) is 43.3 Å². The van der Waals surface area contributed by atoms with Crippen LogP contribution >= 0.6 is 0 Å². The van der Waals surface area contributed by atoms with Gasteiger partial charge in [-0.2, -0.15) is 0 Å². The molecule has 1 N–H and O–H groups in total. The van der Waals surface area contributed by atoms with E-state index >= 15 is 0 Å². The second-order valence-corrected chi connectivity index (χ2v) is 5.55. The van der Waals surface area contributed by atoms with Gasteiger partial charge in [0, 0.05) is 13.1 Å². The van der Waals surface area contributed by atoms with Gasteiger partial charge in [0.05, 0.1) is 19.3 Å². The minimum absolute atomic E-state index is 0.265. The molecule has 0 saturated carbocycles. The molecule has 4 heteroatoms. The van der Waals surface area contributed by atoms with Crippen molar-refractivity contribution >= 4 is 0 Å². The summed E-state index contributed by atoms with van der Waals surface area (Å²) in [6.07, 6.45) is 1.19. The summed E-state index contributed by atoms with van der Waals surface area (Å²) in [7, 11) is 0. The highest BCUT2D eigenvalue weighted by molar-refractivity contribution is 5.36. The van der Waals surface area contributed by atoms with E-state index in [9.17, 15) is 0 Å². The molecule has 3 rings (SSSR count). The SMILES string of the molecule is CCOc1ccc(Oc2ccc(CC3CNCCO3)cc2)cc1. The normalized spacial score (nSPS) is 17.7. The summed E-state index contributed by atoms with van der Waals surface area (Å²) in [5.41, 5.74) is 1.26. The Morgan fingerprint density at radius 1 is 1.00 bits per heavy atom. The molecule has 0 bridgehead atoms. The van der Waals surface area contributed by atoms with Crippen LogP contribution < -0.4 is 14.8 Å². The van der Waals surface area contributed by atoms with Crippen molar-refractivity contribution in [2.45, 2.75) is 19.4 Å². The number of benzene rings is 2. The van der Waals surface area contributed by atoms with Crippen LogP contribution in [0.25, 0.3) is 0 Å². The fraction of sp³-hybridized carbons (Fsp3) is 0.368. The molecule has 0 aliphatic carbocycles. The second-order valence-electron chi connectivity index (χ2n) is 5.55. The highest BCUT2D eigenvalue weighted by Crippen LogP contribution is 2.24. The maximum atomic E-state index is 5.86. The summed E-state index contributed by atoms with van der Waals surface area (Å²) in [6.45, 7) is 5.31. The van der Waals surface area contributed by atoms with Crippen molar-refractivity contribution in [1.29, 1.82) is 0 Å². The van der Waals surface area contributed by atoms with E-state index in [2.05, 4.69) is 17.4 Å². The number of hydrogen-bond donors (Lipinski definition) is 1. The third kappa shape index (κ3) is 4.71. The Morgan fingerprint density at radius 2 is 1.65 bits per heavy atom. The van der Waals surface area contributed by atoms with Gasteiger partial charge in [0.2, 0.25) is 0 Å². The van der Waals surface area contributed by atoms with E-state index < -0.39 is 0 Å². The Labute approximate surface area is 137 Å². The van der Waals surface area contributed by atoms with Crippen molar-refractivity contribution in [3.63, 3.8) is 0 Å². The molecule has 122 valence electrons. The molecule has 1 unspecified atom stereocenters. The van der Waals surface area contributed by atoms with Crippen LogP contribution in [-0.2, 0) is 11.2 Å². The fourth-order valence-electron chi connectivity index (χ4n) is 2.61. The van der Waals surface area contributed by atoms with E-state index in [0.717, 1.165) is 43.4 Å². The van der Waals surface area contributed by atoms with Crippen LogP contribution in [0, 0.1) is 0 Å². The molecule has 1 saturated heterocycles. The van der Waals surface area contributed by atoms with Crippen LogP contribution in [0.4, 0.5) is 0 Å². The molecule has 0 radical (unpaired) electrons. The van der Waals surface area contributed by atoms with Gasteiger partial charge in [0.25, 0.3) is 0 Å². The molecular weight excluding hydrogens is 290 g/mol. The van der Waals surface area contributed by atoms with Crippen molar-refractivity contribution in [3.8, 4) is 17.2 Å². The van der Waals surface area contributed by atoms with Gasteiger partial charge >= 0.3 is 0 Å². The Morgan fingerprint density at radius 3 is 2.26 bits per heavy atom. The quantitative estimate of drug-likeness (QED) is 0.887. The van der Waals surface area contributed by atoms with E-state index in [4.69, 9.17) is 14.2 Å². The monoisotopic (exact) mass is 313 g/mol. The summed E-state index contributed by atoms with van der Waals surface area (Å²) in [4.78, 5) is 0. The maximum absolute atomic E-state index is 5.86. The number of ether oxygens (including phenoxy) is 3. The summed E-state index contributed by atoms with van der Waals surface area (Å²) in [5.74, 6) is 2.50. The zero-order chi connectivity index (χ0) is 15.9. The lowest BCUT2D eigenvalue weighted by atomic mass is 10.1. The predicted octanol–water partition coefficient (Wildman–Crippen LogP) is 3.41. The van der Waals surface area contributed by atoms with Gasteiger partial charge in [0.15, 0.2) is 0 Å². The van der Waals surface area contributed by atoms with Crippen LogP contribution in [0.2, 0.25) is 0 Å². The van der Waals surface area contributed by atoms with Crippen molar-refractivity contribution in [1.82, 2.24) is 5.32 Å². The van der Waals surface area contributed by atoms with Gasteiger partial charge in [-0.1, -0.05) is 12.1 Å². The van der Waals surface area contributed by atoms with Crippen molar-refractivity contribution < 1.29 is 14.2 Å². The lowest BCUT2D eigenvalue weighted by Gasteiger charge is -2.23. The topological polar surface area (TPSA) is 39.7 Å². The zero-order valence-corrected chi connectivity index (χ0v) is 13.5. The highest BCUT2D eigenvalue weighted by Gasteiger charge is 2.13. The maximum Gasteiger partial charge on any atom is 0.127 e. The molecule has 2 aromatic carbocycles. The first-order chi connectivity index (χ1) is 11.3. The zero-order valence-electron chi connectivity index (χ0n) is 13.5. The van der Waals surface area contributed by atoms with Crippen LogP contribution in [-0.4, -0.2) is 32.4 Å². The van der Waals surface area contributed by atoms with Crippen LogP contribution in [0.5, 0.6) is 17.2 Å². The van der Waals surface area contributed by atoms with Crippen LogP contribution in [0.1, 0.15) is 12.5 Å². The van der Waals surface area contributed by atoms with E-state index in [0.29, 0.717) is 6.61 Å². The molecule has 1 aliphatic heterocycles. The number of morpholine rings is 1. The summed E-state index contributed by atoms with van der Waals surface area (Å²) in [5, 5.41) is 3.35. The Hall–Kier alpha value is -2.04. The van der Waals surface area contributed by atoms with Crippen molar-refractivity contribution in [2.24, 2.45) is 0 Å². The fourth-order valence-corrected chi connectivity index (χ4v) is 2.61. The van der Waals surface area contributed by atoms with Gasteiger partial charge in [-0.25, -0.2) is 0 Å². The molecule has 1 heterocycles. The summed E-state index contributed by atoms with van der Waals surface area (Å²) < 4.78 is 17.0. The van der Waals surface area contributed by atoms with Gasteiger partial charge in [0.1, 0.15) is 17.2 Å². The largest absolute Gasteiger partial charge is 0.494 e. The number of hydrogen-bond acceptors (Lipinski definition) is 4. The Kier molecular flexibility index (Phi) is 5.51. The molecule has 1 fully saturated rings. The van der Waals surface area contributed by atoms with Gasteiger partial charge < -0.3 is 19.5 Å². The Balaban J connectivity index is 1.56. The molecule has 1 aliphatic rings. The molecule has 0 aromatic heterocycles. The average molecular weight is 313 g/mol. The van der Waals surface area contributed by atoms with Crippen LogP contribution in [0.15, 0.2) is 48.5 Å². The minimum Gasteiger partial charge on any atom is -0.494 e. The molecular formula is C19H23NO3. The molecule has 23 heavy (non-hydrogen) atoms. The first-order valence-corrected chi connectivity index (χ1v) is 8.15. The van der Waals surface area contributed by atoms with Crippen molar-refractivity contribution in [3.05, 3.63) is 54.1 Å². The third-order valence-electron chi connectivity index (χ3n) is 3.76.